The van der Waals surface area contributed by atoms with Crippen molar-refractivity contribution in [3.8, 4) is 0 Å². The van der Waals surface area contributed by atoms with E-state index in [1.54, 1.807) is 11.9 Å². The smallest absolute Gasteiger partial charge is 0.271 e. The highest BCUT2D eigenvalue weighted by atomic mass is 19.3. The van der Waals surface area contributed by atoms with Crippen LogP contribution in [-0.2, 0) is 0 Å². The number of alkyl halides is 5. The van der Waals surface area contributed by atoms with Gasteiger partial charge in [-0.25, -0.2) is 22.0 Å². The lowest BCUT2D eigenvalue weighted by molar-refractivity contribution is -0.155. The molecule has 0 saturated carbocycles. The molecular weight excluding hydrogens is 372 g/mol. The van der Waals surface area contributed by atoms with Crippen LogP contribution in [0.4, 0.5) is 22.0 Å². The van der Waals surface area contributed by atoms with Crippen molar-refractivity contribution < 1.29 is 22.0 Å². The molecule has 0 rings (SSSR count). The molecule has 1 atom stereocenters. The van der Waals surface area contributed by atoms with Gasteiger partial charge in [-0.1, -0.05) is 44.7 Å². The predicted molar refractivity (Wildman–Crippen MR) is 111 cm³/mol. The number of allylic oxidation sites excluding steroid dienone is 3. The van der Waals surface area contributed by atoms with Crippen LogP contribution in [-0.4, -0.2) is 43.8 Å². The maximum atomic E-state index is 14.6. The number of hydrogen-bond acceptors (Lipinski definition) is 1. The third-order valence-corrected chi connectivity index (χ3v) is 5.69. The van der Waals surface area contributed by atoms with Crippen LogP contribution in [0.5, 0.6) is 0 Å². The summed E-state index contributed by atoms with van der Waals surface area (Å²) in [6, 6.07) is 0. The normalized spacial score (nSPS) is 15.1. The first-order chi connectivity index (χ1) is 12.3. The molecule has 0 amide bonds. The standard InChI is InChI=1S/C21H35BF5N/c1-15(2)16(3)10-9-13-28(8)17(4)11-12-20(25,26)14-18(5,6)21(22,27)19(7,23)24/h1,3-4,9-14,22H2,2,5-8H3. The summed E-state index contributed by atoms with van der Waals surface area (Å²) in [6.07, 6.45) is 0.0237. The zero-order chi connectivity index (χ0) is 22.6. The molecule has 0 aliphatic carbocycles. The van der Waals surface area contributed by atoms with Crippen LogP contribution in [0.1, 0.15) is 59.8 Å². The highest BCUT2D eigenvalue weighted by Gasteiger charge is 2.58. The molecule has 28 heavy (non-hydrogen) atoms. The van der Waals surface area contributed by atoms with Gasteiger partial charge in [-0.2, -0.15) is 0 Å². The van der Waals surface area contributed by atoms with Crippen molar-refractivity contribution >= 4 is 7.85 Å². The van der Waals surface area contributed by atoms with E-state index >= 15 is 0 Å². The van der Waals surface area contributed by atoms with Crippen molar-refractivity contribution in [1.29, 1.82) is 0 Å². The molecule has 162 valence electrons. The predicted octanol–water partition coefficient (Wildman–Crippen LogP) is 6.13. The molecular formula is C21H35BF5N. The Hall–Kier alpha value is -1.27. The molecule has 1 unspecified atom stereocenters. The first-order valence-corrected chi connectivity index (χ1v) is 9.51. The van der Waals surface area contributed by atoms with Gasteiger partial charge in [0.25, 0.3) is 5.92 Å². The minimum Gasteiger partial charge on any atom is -0.378 e. The van der Waals surface area contributed by atoms with Crippen molar-refractivity contribution in [3.63, 3.8) is 0 Å². The Morgan fingerprint density at radius 1 is 0.964 bits per heavy atom. The second-order valence-electron chi connectivity index (χ2n) is 8.78. The molecule has 0 aliphatic heterocycles. The summed E-state index contributed by atoms with van der Waals surface area (Å²) >= 11 is 0. The van der Waals surface area contributed by atoms with Crippen molar-refractivity contribution in [2.24, 2.45) is 5.41 Å². The summed E-state index contributed by atoms with van der Waals surface area (Å²) in [5.74, 6) is -7.00. The molecule has 0 aromatic carbocycles. The summed E-state index contributed by atoms with van der Waals surface area (Å²) in [4.78, 5) is 1.80. The van der Waals surface area contributed by atoms with E-state index in [0.717, 1.165) is 37.8 Å². The van der Waals surface area contributed by atoms with E-state index in [2.05, 4.69) is 19.7 Å². The monoisotopic (exact) mass is 407 g/mol. The average Bonchev–Trinajstić information content (AvgIpc) is 2.49. The molecule has 0 aromatic heterocycles. The topological polar surface area (TPSA) is 3.24 Å². The van der Waals surface area contributed by atoms with Gasteiger partial charge in [0, 0.05) is 44.5 Å². The van der Waals surface area contributed by atoms with E-state index in [4.69, 9.17) is 0 Å². The van der Waals surface area contributed by atoms with E-state index in [9.17, 15) is 22.0 Å². The largest absolute Gasteiger partial charge is 0.378 e. The quantitative estimate of drug-likeness (QED) is 0.202. The van der Waals surface area contributed by atoms with E-state index in [1.807, 2.05) is 6.92 Å². The van der Waals surface area contributed by atoms with Gasteiger partial charge in [0.2, 0.25) is 5.92 Å². The molecule has 0 spiro atoms. The van der Waals surface area contributed by atoms with Crippen LogP contribution >= 0.6 is 0 Å². The molecule has 0 saturated heterocycles. The molecule has 0 fully saturated rings. The highest BCUT2D eigenvalue weighted by molar-refractivity contribution is 6.15. The van der Waals surface area contributed by atoms with Crippen LogP contribution < -0.4 is 0 Å². The maximum Gasteiger partial charge on any atom is 0.271 e. The minimum absolute atomic E-state index is 0.00648. The van der Waals surface area contributed by atoms with Crippen LogP contribution in [0.2, 0.25) is 0 Å². The first kappa shape index (κ1) is 26.7. The average molecular weight is 407 g/mol. The summed E-state index contributed by atoms with van der Waals surface area (Å²) in [5, 5.41) is 0. The lowest BCUT2D eigenvalue weighted by atomic mass is 9.59. The minimum atomic E-state index is -3.72. The van der Waals surface area contributed by atoms with Gasteiger partial charge < -0.3 is 4.90 Å². The van der Waals surface area contributed by atoms with Crippen LogP contribution in [0.3, 0.4) is 0 Å². The van der Waals surface area contributed by atoms with Gasteiger partial charge in [-0.15, -0.1) is 0 Å². The Morgan fingerprint density at radius 3 is 1.89 bits per heavy atom. The van der Waals surface area contributed by atoms with Gasteiger partial charge in [-0.05, 0) is 26.2 Å². The number of rotatable bonds is 13. The molecule has 0 bridgehead atoms. The van der Waals surface area contributed by atoms with E-state index in [0.29, 0.717) is 27.0 Å². The molecule has 0 aliphatic rings. The highest BCUT2D eigenvalue weighted by Crippen LogP contribution is 2.49. The Kier molecular flexibility index (Phi) is 9.06. The number of nitrogens with zero attached hydrogens (tertiary/aromatic N) is 1. The summed E-state index contributed by atoms with van der Waals surface area (Å²) in [7, 11) is 2.46. The molecule has 7 heteroatoms. The molecule has 0 radical (unpaired) electrons. The third kappa shape index (κ3) is 7.63. The maximum absolute atomic E-state index is 14.6. The zero-order valence-electron chi connectivity index (χ0n) is 18.2. The van der Waals surface area contributed by atoms with Gasteiger partial charge in [0.1, 0.15) is 5.57 Å². The molecule has 0 heterocycles. The fraction of sp³-hybridized carbons (Fsp3) is 0.714. The lowest BCUT2D eigenvalue weighted by Crippen LogP contribution is -2.55. The van der Waals surface area contributed by atoms with E-state index in [-0.39, 0.29) is 6.42 Å². The Morgan fingerprint density at radius 2 is 1.46 bits per heavy atom. The summed E-state index contributed by atoms with van der Waals surface area (Å²) in [6.45, 7) is 16.7. The SMILES string of the molecule is BC(F)(C(C)(F)F)C(C)(C)CC(F)(F)CCC(=C)N(C)CCCC(=C)C(=C)C. The first-order valence-electron chi connectivity index (χ1n) is 9.51. The van der Waals surface area contributed by atoms with Crippen molar-refractivity contribution in [1.82, 2.24) is 4.90 Å². The third-order valence-electron chi connectivity index (χ3n) is 5.69. The summed E-state index contributed by atoms with van der Waals surface area (Å²) in [5.41, 5.74) is -2.55. The molecule has 0 aromatic rings. The van der Waals surface area contributed by atoms with Crippen LogP contribution in [0.25, 0.3) is 0 Å². The van der Waals surface area contributed by atoms with Crippen molar-refractivity contribution in [2.75, 3.05) is 13.6 Å². The number of halogens is 5. The molecule has 1 nitrogen and oxygen atoms in total. The fourth-order valence-corrected chi connectivity index (χ4v) is 2.91. The zero-order valence-corrected chi connectivity index (χ0v) is 18.2. The molecule has 0 N–H and O–H groups in total. The fourth-order valence-electron chi connectivity index (χ4n) is 2.91. The van der Waals surface area contributed by atoms with Crippen LogP contribution in [0.15, 0.2) is 36.6 Å². The van der Waals surface area contributed by atoms with E-state index in [1.165, 1.54) is 0 Å². The van der Waals surface area contributed by atoms with Crippen molar-refractivity contribution in [2.45, 2.75) is 77.2 Å². The summed E-state index contributed by atoms with van der Waals surface area (Å²) < 4.78 is 70.5. The Labute approximate surface area is 168 Å². The van der Waals surface area contributed by atoms with Gasteiger partial charge in [-0.3, -0.25) is 0 Å². The van der Waals surface area contributed by atoms with E-state index < -0.39 is 35.7 Å². The van der Waals surface area contributed by atoms with Crippen LogP contribution in [0, 0.1) is 5.41 Å². The lowest BCUT2D eigenvalue weighted by Gasteiger charge is -2.43. The second-order valence-corrected chi connectivity index (χ2v) is 8.78. The number of hydrogen-bond donors (Lipinski definition) is 0. The van der Waals surface area contributed by atoms with Gasteiger partial charge in [0.15, 0.2) is 7.85 Å². The van der Waals surface area contributed by atoms with Gasteiger partial charge in [0.05, 0.1) is 0 Å². The Bertz CT molecular complexity index is 576. The second kappa shape index (κ2) is 9.49. The van der Waals surface area contributed by atoms with Gasteiger partial charge >= 0.3 is 0 Å². The Balaban J connectivity index is 4.72. The van der Waals surface area contributed by atoms with Crippen molar-refractivity contribution in [3.05, 3.63) is 36.6 Å².